The number of hydrogen-bond acceptors (Lipinski definition) is 6. The minimum atomic E-state index is -3.93. The highest BCUT2D eigenvalue weighted by Gasteiger charge is 2.30. The Morgan fingerprint density at radius 3 is 2.31 bits per heavy atom. The summed E-state index contributed by atoms with van der Waals surface area (Å²) >= 11 is 1.10. The van der Waals surface area contributed by atoms with E-state index in [9.17, 15) is 16.8 Å². The largest absolute Gasteiger partial charge is 0.274 e. The SMILES string of the molecule is N#Cc1ccc(CN(c2cccc(S(=O)(=O)N3CCCC3)c2)S(=O)(=O)c2cccs2)cc1. The van der Waals surface area contributed by atoms with Crippen molar-refractivity contribution in [2.75, 3.05) is 17.4 Å². The van der Waals surface area contributed by atoms with E-state index in [1.165, 1.54) is 26.8 Å². The summed E-state index contributed by atoms with van der Waals surface area (Å²) in [6.07, 6.45) is 1.63. The lowest BCUT2D eigenvalue weighted by molar-refractivity contribution is 0.477. The maximum atomic E-state index is 13.5. The van der Waals surface area contributed by atoms with E-state index >= 15 is 0 Å². The van der Waals surface area contributed by atoms with Crippen molar-refractivity contribution < 1.29 is 16.8 Å². The van der Waals surface area contributed by atoms with Gasteiger partial charge in [-0.2, -0.15) is 9.57 Å². The van der Waals surface area contributed by atoms with Gasteiger partial charge in [-0.25, -0.2) is 16.8 Å². The summed E-state index contributed by atoms with van der Waals surface area (Å²) in [5.41, 5.74) is 1.42. The maximum absolute atomic E-state index is 13.5. The summed E-state index contributed by atoms with van der Waals surface area (Å²) in [5.74, 6) is 0. The Morgan fingerprint density at radius 2 is 1.69 bits per heavy atom. The average molecular weight is 488 g/mol. The molecule has 1 aliphatic rings. The lowest BCUT2D eigenvalue weighted by Gasteiger charge is -2.25. The summed E-state index contributed by atoms with van der Waals surface area (Å²) in [6.45, 7) is 0.934. The van der Waals surface area contributed by atoms with E-state index in [1.54, 1.807) is 47.8 Å². The third-order valence-corrected chi connectivity index (χ3v) is 10.3. The van der Waals surface area contributed by atoms with Crippen LogP contribution in [0.25, 0.3) is 0 Å². The first-order valence-corrected chi connectivity index (χ1v) is 13.7. The molecule has 0 aliphatic carbocycles. The number of nitriles is 1. The van der Waals surface area contributed by atoms with Crippen LogP contribution in [0.2, 0.25) is 0 Å². The summed E-state index contributed by atoms with van der Waals surface area (Å²) in [6, 6.07) is 17.9. The van der Waals surface area contributed by atoms with E-state index in [0.717, 1.165) is 24.2 Å². The molecule has 0 amide bonds. The molecule has 1 aromatic heterocycles. The highest BCUT2D eigenvalue weighted by Crippen LogP contribution is 2.31. The first-order valence-electron chi connectivity index (χ1n) is 9.98. The van der Waals surface area contributed by atoms with Gasteiger partial charge >= 0.3 is 0 Å². The molecule has 10 heteroatoms. The second kappa shape index (κ2) is 9.03. The van der Waals surface area contributed by atoms with Gasteiger partial charge in [0.25, 0.3) is 10.0 Å². The fourth-order valence-corrected chi connectivity index (χ4v) is 7.67. The van der Waals surface area contributed by atoms with E-state index in [1.807, 2.05) is 6.07 Å². The second-order valence-corrected chi connectivity index (χ2v) is 12.3. The van der Waals surface area contributed by atoms with Gasteiger partial charge in [-0.05, 0) is 60.2 Å². The molecule has 1 aliphatic heterocycles. The highest BCUT2D eigenvalue weighted by atomic mass is 32.2. The highest BCUT2D eigenvalue weighted by molar-refractivity contribution is 7.94. The molecule has 1 saturated heterocycles. The van der Waals surface area contributed by atoms with E-state index < -0.39 is 20.0 Å². The lowest BCUT2D eigenvalue weighted by Crippen LogP contribution is -2.31. The van der Waals surface area contributed by atoms with E-state index in [4.69, 9.17) is 5.26 Å². The molecule has 3 aromatic rings. The van der Waals surface area contributed by atoms with Crippen molar-refractivity contribution in [3.8, 4) is 6.07 Å². The van der Waals surface area contributed by atoms with Crippen molar-refractivity contribution in [1.29, 1.82) is 5.26 Å². The van der Waals surface area contributed by atoms with Gasteiger partial charge in [0.2, 0.25) is 10.0 Å². The van der Waals surface area contributed by atoms with E-state index in [2.05, 4.69) is 0 Å². The summed E-state index contributed by atoms with van der Waals surface area (Å²) in [4.78, 5) is 0.0723. The van der Waals surface area contributed by atoms with Crippen LogP contribution >= 0.6 is 11.3 Å². The molecular weight excluding hydrogens is 466 g/mol. The minimum Gasteiger partial charge on any atom is -0.261 e. The Morgan fingerprint density at radius 1 is 0.969 bits per heavy atom. The number of rotatable bonds is 7. The predicted octanol–water partition coefficient (Wildman–Crippen LogP) is 3.80. The zero-order valence-electron chi connectivity index (χ0n) is 17.1. The molecule has 0 atom stereocenters. The van der Waals surface area contributed by atoms with Crippen LogP contribution in [0.5, 0.6) is 0 Å². The third-order valence-electron chi connectivity index (χ3n) is 5.26. The predicted molar refractivity (Wildman–Crippen MR) is 123 cm³/mol. The van der Waals surface area contributed by atoms with Crippen LogP contribution in [0.15, 0.2) is 75.1 Å². The van der Waals surface area contributed by atoms with Crippen molar-refractivity contribution in [3.63, 3.8) is 0 Å². The molecule has 0 spiro atoms. The number of anilines is 1. The van der Waals surface area contributed by atoms with Crippen molar-refractivity contribution in [2.45, 2.75) is 28.5 Å². The van der Waals surface area contributed by atoms with E-state index in [0.29, 0.717) is 24.2 Å². The van der Waals surface area contributed by atoms with Crippen LogP contribution in [0, 0.1) is 11.3 Å². The monoisotopic (exact) mass is 487 g/mol. The van der Waals surface area contributed by atoms with Crippen LogP contribution < -0.4 is 4.31 Å². The van der Waals surface area contributed by atoms with Gasteiger partial charge in [0.05, 0.1) is 28.8 Å². The second-order valence-electron chi connectivity index (χ2n) is 7.36. The Labute approximate surface area is 192 Å². The number of nitrogens with zero attached hydrogens (tertiary/aromatic N) is 3. The van der Waals surface area contributed by atoms with Crippen LogP contribution in [0.4, 0.5) is 5.69 Å². The molecule has 0 N–H and O–H groups in total. The molecule has 2 aromatic carbocycles. The van der Waals surface area contributed by atoms with Gasteiger partial charge in [0.15, 0.2) is 0 Å². The van der Waals surface area contributed by atoms with Gasteiger partial charge in [-0.3, -0.25) is 4.31 Å². The minimum absolute atomic E-state index is 0.000836. The molecular formula is C22H21N3O4S3. The van der Waals surface area contributed by atoms with Gasteiger partial charge < -0.3 is 0 Å². The van der Waals surface area contributed by atoms with Crippen molar-refractivity contribution in [2.24, 2.45) is 0 Å². The zero-order chi connectivity index (χ0) is 22.8. The average Bonchev–Trinajstić information content (AvgIpc) is 3.53. The summed E-state index contributed by atoms with van der Waals surface area (Å²) < 4.78 is 55.8. The van der Waals surface area contributed by atoms with Gasteiger partial charge in [-0.15, -0.1) is 11.3 Å². The summed E-state index contributed by atoms with van der Waals surface area (Å²) in [7, 11) is -7.63. The van der Waals surface area contributed by atoms with E-state index in [-0.39, 0.29) is 21.3 Å². The number of hydrogen-bond donors (Lipinski definition) is 0. The molecule has 4 rings (SSSR count). The van der Waals surface area contributed by atoms with Crippen molar-refractivity contribution >= 4 is 37.1 Å². The van der Waals surface area contributed by atoms with Crippen LogP contribution in [0.1, 0.15) is 24.0 Å². The third kappa shape index (κ3) is 4.42. The Balaban J connectivity index is 1.77. The Hall–Kier alpha value is -2.71. The Bertz CT molecular complexity index is 1340. The molecule has 2 heterocycles. The smallest absolute Gasteiger partial charge is 0.261 e. The fraction of sp³-hybridized carbons (Fsp3) is 0.227. The maximum Gasteiger partial charge on any atom is 0.274 e. The van der Waals surface area contributed by atoms with Gasteiger partial charge in [0, 0.05) is 13.1 Å². The van der Waals surface area contributed by atoms with Gasteiger partial charge in [0.1, 0.15) is 4.21 Å². The molecule has 0 radical (unpaired) electrons. The molecule has 0 bridgehead atoms. The Kier molecular flexibility index (Phi) is 6.35. The first-order chi connectivity index (χ1) is 15.3. The van der Waals surface area contributed by atoms with Gasteiger partial charge in [-0.1, -0.05) is 24.3 Å². The topological polar surface area (TPSA) is 98.5 Å². The summed E-state index contributed by atoms with van der Waals surface area (Å²) in [5, 5.41) is 10.7. The molecule has 1 fully saturated rings. The first kappa shape index (κ1) is 22.5. The van der Waals surface area contributed by atoms with Crippen molar-refractivity contribution in [3.05, 3.63) is 77.2 Å². The molecule has 0 saturated carbocycles. The van der Waals surface area contributed by atoms with Crippen molar-refractivity contribution in [1.82, 2.24) is 4.31 Å². The standard InChI is InChI=1S/C22H21N3O4S3/c23-16-18-8-10-19(11-9-18)17-25(32(28,29)22-7-4-14-30-22)20-5-3-6-21(15-20)31(26,27)24-12-1-2-13-24/h3-11,14-15H,1-2,12-13,17H2. The number of benzene rings is 2. The number of thiophene rings is 1. The molecule has 7 nitrogen and oxygen atoms in total. The van der Waals surface area contributed by atoms with Crippen LogP contribution in [-0.2, 0) is 26.6 Å². The molecule has 32 heavy (non-hydrogen) atoms. The fourth-order valence-electron chi connectivity index (χ4n) is 3.56. The van der Waals surface area contributed by atoms with Crippen LogP contribution in [-0.4, -0.2) is 34.2 Å². The normalized spacial score (nSPS) is 14.8. The number of sulfonamides is 2. The molecule has 0 unspecified atom stereocenters. The quantitative estimate of drug-likeness (QED) is 0.505. The lowest BCUT2D eigenvalue weighted by atomic mass is 10.1. The molecule has 166 valence electrons. The van der Waals surface area contributed by atoms with Crippen LogP contribution in [0.3, 0.4) is 0 Å². The zero-order valence-corrected chi connectivity index (χ0v) is 19.5.